The van der Waals surface area contributed by atoms with Gasteiger partial charge >= 0.3 is 0 Å². The van der Waals surface area contributed by atoms with Gasteiger partial charge in [0.25, 0.3) is 5.91 Å². The predicted molar refractivity (Wildman–Crippen MR) is 169 cm³/mol. The SMILES string of the molecule is CCOc1cc(C(=O)N[C@@H](Cc2ccccc2)[C@H](O)CNCc2cc(Br)cc(Br)c2)cc(N2CCCCS2(=O)=O)c1. The lowest BCUT2D eigenvalue weighted by atomic mass is 10.00. The van der Waals surface area contributed by atoms with Crippen LogP contribution in [0.3, 0.4) is 0 Å². The van der Waals surface area contributed by atoms with Gasteiger partial charge < -0.3 is 20.5 Å². The average molecular weight is 710 g/mol. The molecule has 0 spiro atoms. The summed E-state index contributed by atoms with van der Waals surface area (Å²) in [6, 6.07) is 19.8. The highest BCUT2D eigenvalue weighted by Crippen LogP contribution is 2.29. The quantitative estimate of drug-likeness (QED) is 0.244. The van der Waals surface area contributed by atoms with E-state index in [1.54, 1.807) is 18.2 Å². The molecular formula is C30H35Br2N3O5S. The van der Waals surface area contributed by atoms with Crippen LogP contribution in [0.5, 0.6) is 5.75 Å². The van der Waals surface area contributed by atoms with E-state index in [4.69, 9.17) is 4.74 Å². The minimum absolute atomic E-state index is 0.0720. The second kappa shape index (κ2) is 14.6. The lowest BCUT2D eigenvalue weighted by molar-refractivity contribution is 0.0829. The van der Waals surface area contributed by atoms with Gasteiger partial charge in [0.1, 0.15) is 5.75 Å². The van der Waals surface area contributed by atoms with Crippen LogP contribution < -0.4 is 19.7 Å². The normalized spacial score (nSPS) is 16.1. The van der Waals surface area contributed by atoms with Crippen LogP contribution in [0.4, 0.5) is 5.69 Å². The van der Waals surface area contributed by atoms with Crippen LogP contribution in [0, 0.1) is 0 Å². The van der Waals surface area contributed by atoms with E-state index in [1.165, 1.54) is 4.31 Å². The Morgan fingerprint density at radius 2 is 1.76 bits per heavy atom. The number of sulfonamides is 1. The van der Waals surface area contributed by atoms with E-state index in [-0.39, 0.29) is 17.9 Å². The number of hydrogen-bond acceptors (Lipinski definition) is 6. The first-order valence-electron chi connectivity index (χ1n) is 13.6. The smallest absolute Gasteiger partial charge is 0.251 e. The molecule has 8 nitrogen and oxygen atoms in total. The van der Waals surface area contributed by atoms with E-state index in [9.17, 15) is 18.3 Å². The molecule has 220 valence electrons. The third-order valence-corrected chi connectivity index (χ3v) is 9.57. The molecule has 3 aromatic carbocycles. The van der Waals surface area contributed by atoms with Crippen molar-refractivity contribution in [1.82, 2.24) is 10.6 Å². The Labute approximate surface area is 258 Å². The maximum absolute atomic E-state index is 13.6. The summed E-state index contributed by atoms with van der Waals surface area (Å²) in [5.74, 6) is 0.0684. The average Bonchev–Trinajstić information content (AvgIpc) is 2.92. The molecule has 1 saturated heterocycles. The van der Waals surface area contributed by atoms with Crippen molar-refractivity contribution in [3.05, 3.63) is 92.4 Å². The number of halogens is 2. The number of amides is 1. The number of nitrogens with one attached hydrogen (secondary N) is 2. The number of carbonyl (C=O) groups excluding carboxylic acids is 1. The summed E-state index contributed by atoms with van der Waals surface area (Å²) in [4.78, 5) is 13.6. The van der Waals surface area contributed by atoms with Crippen LogP contribution in [0.1, 0.15) is 41.3 Å². The monoisotopic (exact) mass is 707 g/mol. The maximum atomic E-state index is 13.6. The summed E-state index contributed by atoms with van der Waals surface area (Å²) in [7, 11) is -3.47. The number of rotatable bonds is 12. The van der Waals surface area contributed by atoms with Crippen molar-refractivity contribution in [1.29, 1.82) is 0 Å². The second-order valence-corrected chi connectivity index (χ2v) is 13.8. The lowest BCUT2D eigenvalue weighted by Gasteiger charge is -2.29. The Hall–Kier alpha value is -2.44. The van der Waals surface area contributed by atoms with E-state index in [1.807, 2.05) is 55.5 Å². The molecule has 1 heterocycles. The maximum Gasteiger partial charge on any atom is 0.251 e. The summed E-state index contributed by atoms with van der Waals surface area (Å²) >= 11 is 6.99. The van der Waals surface area contributed by atoms with Crippen molar-refractivity contribution in [2.45, 2.75) is 44.9 Å². The fraction of sp³-hybridized carbons (Fsp3) is 0.367. The molecule has 0 aromatic heterocycles. The molecule has 3 aromatic rings. The van der Waals surface area contributed by atoms with Gasteiger partial charge in [-0.25, -0.2) is 8.42 Å². The van der Waals surface area contributed by atoms with Crippen LogP contribution in [0.15, 0.2) is 75.7 Å². The van der Waals surface area contributed by atoms with E-state index in [0.717, 1.165) is 26.5 Å². The largest absolute Gasteiger partial charge is 0.494 e. The number of ether oxygens (including phenoxy) is 1. The molecule has 0 radical (unpaired) electrons. The first-order chi connectivity index (χ1) is 19.6. The molecule has 1 aliphatic rings. The summed E-state index contributed by atoms with van der Waals surface area (Å²) in [6.07, 6.45) is 0.876. The molecular weight excluding hydrogens is 674 g/mol. The molecule has 3 N–H and O–H groups in total. The van der Waals surface area contributed by atoms with Crippen LogP contribution in [-0.4, -0.2) is 57.0 Å². The van der Waals surface area contributed by atoms with E-state index in [0.29, 0.717) is 44.0 Å². The molecule has 2 atom stereocenters. The zero-order chi connectivity index (χ0) is 29.4. The number of aliphatic hydroxyl groups is 1. The molecule has 0 bridgehead atoms. The Kier molecular flexibility index (Phi) is 11.2. The van der Waals surface area contributed by atoms with Gasteiger partial charge in [-0.15, -0.1) is 0 Å². The molecule has 1 fully saturated rings. The molecule has 0 saturated carbocycles. The van der Waals surface area contributed by atoms with Crippen LogP contribution >= 0.6 is 31.9 Å². The molecule has 0 unspecified atom stereocenters. The molecule has 11 heteroatoms. The van der Waals surface area contributed by atoms with Crippen LogP contribution in [0.2, 0.25) is 0 Å². The topological polar surface area (TPSA) is 108 Å². The van der Waals surface area contributed by atoms with Crippen LogP contribution in [0.25, 0.3) is 0 Å². The van der Waals surface area contributed by atoms with Gasteiger partial charge in [-0.05, 0) is 67.6 Å². The minimum atomic E-state index is -3.47. The van der Waals surface area contributed by atoms with Crippen molar-refractivity contribution >= 4 is 53.5 Å². The minimum Gasteiger partial charge on any atom is -0.494 e. The third-order valence-electron chi connectivity index (χ3n) is 6.79. The van der Waals surface area contributed by atoms with Gasteiger partial charge in [0.05, 0.1) is 30.2 Å². The first kappa shape index (κ1) is 31.5. The third kappa shape index (κ3) is 9.02. The summed E-state index contributed by atoms with van der Waals surface area (Å²) < 4.78 is 34.5. The summed E-state index contributed by atoms with van der Waals surface area (Å²) in [6.45, 7) is 3.33. The number of nitrogens with zero attached hydrogens (tertiary/aromatic N) is 1. The number of carbonyl (C=O) groups is 1. The fourth-order valence-electron chi connectivity index (χ4n) is 4.81. The first-order valence-corrected chi connectivity index (χ1v) is 16.8. The lowest BCUT2D eigenvalue weighted by Crippen LogP contribution is -2.48. The number of anilines is 1. The van der Waals surface area contributed by atoms with E-state index < -0.39 is 28.1 Å². The van der Waals surface area contributed by atoms with Crippen LogP contribution in [-0.2, 0) is 23.0 Å². The number of aliphatic hydroxyl groups excluding tert-OH is 1. The van der Waals surface area contributed by atoms with Gasteiger partial charge in [-0.1, -0.05) is 62.2 Å². The molecule has 1 amide bonds. The molecule has 4 rings (SSSR count). The van der Waals surface area contributed by atoms with Crippen molar-refractivity contribution in [3.8, 4) is 5.75 Å². The highest BCUT2D eigenvalue weighted by Gasteiger charge is 2.28. The van der Waals surface area contributed by atoms with Gasteiger partial charge in [0, 0.05) is 40.2 Å². The Balaban J connectivity index is 1.53. The predicted octanol–water partition coefficient (Wildman–Crippen LogP) is 5.03. The Bertz CT molecular complexity index is 1420. The van der Waals surface area contributed by atoms with Gasteiger partial charge in [0.15, 0.2) is 0 Å². The zero-order valence-electron chi connectivity index (χ0n) is 22.9. The Morgan fingerprint density at radius 3 is 2.44 bits per heavy atom. The van der Waals surface area contributed by atoms with Crippen molar-refractivity contribution in [3.63, 3.8) is 0 Å². The fourth-order valence-corrected chi connectivity index (χ4v) is 7.82. The number of benzene rings is 3. The summed E-state index contributed by atoms with van der Waals surface area (Å²) in [5.41, 5.74) is 2.68. The number of hydrogen-bond donors (Lipinski definition) is 3. The van der Waals surface area contributed by atoms with Gasteiger partial charge in [-0.3, -0.25) is 9.10 Å². The Morgan fingerprint density at radius 1 is 1.02 bits per heavy atom. The standard InChI is InChI=1S/C30H35Br2N3O5S/c1-2-40-27-16-23(15-26(18-27)35-10-6-7-11-41(35,38)39)30(37)34-28(14-21-8-4-3-5-9-21)29(36)20-33-19-22-12-24(31)17-25(32)13-22/h3-5,8-9,12-13,15-18,28-29,33,36H,2,6-7,10-11,14,19-20H2,1H3,(H,34,37)/t28-,29+/m0/s1. The van der Waals surface area contributed by atoms with Crippen molar-refractivity contribution in [2.75, 3.05) is 29.8 Å². The van der Waals surface area contributed by atoms with Crippen molar-refractivity contribution < 1.29 is 23.1 Å². The molecule has 1 aliphatic heterocycles. The highest BCUT2D eigenvalue weighted by atomic mass is 79.9. The molecule has 0 aliphatic carbocycles. The van der Waals surface area contributed by atoms with Gasteiger partial charge in [0.2, 0.25) is 10.0 Å². The highest BCUT2D eigenvalue weighted by molar-refractivity contribution is 9.11. The van der Waals surface area contributed by atoms with E-state index in [2.05, 4.69) is 42.5 Å². The van der Waals surface area contributed by atoms with E-state index >= 15 is 0 Å². The summed E-state index contributed by atoms with van der Waals surface area (Å²) in [5, 5.41) is 17.5. The molecule has 41 heavy (non-hydrogen) atoms. The van der Waals surface area contributed by atoms with Crippen molar-refractivity contribution in [2.24, 2.45) is 0 Å². The zero-order valence-corrected chi connectivity index (χ0v) is 26.8. The second-order valence-electron chi connectivity index (χ2n) is 9.99. The van der Waals surface area contributed by atoms with Gasteiger partial charge in [-0.2, -0.15) is 0 Å².